The molecule has 7 heteroatoms. The van der Waals surface area contributed by atoms with Gasteiger partial charge < -0.3 is 15.2 Å². The van der Waals surface area contributed by atoms with E-state index in [9.17, 15) is 4.79 Å². The number of imidazole rings is 1. The summed E-state index contributed by atoms with van der Waals surface area (Å²) >= 11 is 0. The summed E-state index contributed by atoms with van der Waals surface area (Å²) in [6.45, 7) is 4.21. The third-order valence-corrected chi connectivity index (χ3v) is 6.51. The van der Waals surface area contributed by atoms with Crippen LogP contribution in [0.15, 0.2) is 30.9 Å². The van der Waals surface area contributed by atoms with Gasteiger partial charge in [0.1, 0.15) is 11.8 Å². The number of carbonyl (C=O) groups is 1. The number of H-pyrrole nitrogens is 1. The minimum Gasteiger partial charge on any atom is -0.363 e. The highest BCUT2D eigenvalue weighted by molar-refractivity contribution is 5.99. The highest BCUT2D eigenvalue weighted by Crippen LogP contribution is 2.36. The number of benzene rings is 1. The molecule has 5 rings (SSSR count). The van der Waals surface area contributed by atoms with E-state index in [2.05, 4.69) is 49.2 Å². The topological polar surface area (TPSA) is 86.8 Å². The van der Waals surface area contributed by atoms with Gasteiger partial charge in [-0.15, -0.1) is 0 Å². The number of fused-ring (bicyclic) bond motifs is 2. The van der Waals surface area contributed by atoms with Crippen LogP contribution in [0.5, 0.6) is 0 Å². The van der Waals surface area contributed by atoms with E-state index < -0.39 is 0 Å². The number of hydrogen-bond donors (Lipinski definition) is 2. The Bertz CT molecular complexity index is 1060. The molecule has 2 N–H and O–H groups in total. The molecule has 0 bridgehead atoms. The van der Waals surface area contributed by atoms with Gasteiger partial charge in [-0.1, -0.05) is 25.1 Å². The molecule has 0 radical (unpaired) electrons. The first-order valence-electron chi connectivity index (χ1n) is 10.5. The zero-order valence-electron chi connectivity index (χ0n) is 16.9. The predicted octanol–water partition coefficient (Wildman–Crippen LogP) is 3.47. The largest absolute Gasteiger partial charge is 0.363 e. The van der Waals surface area contributed by atoms with Crippen molar-refractivity contribution in [3.63, 3.8) is 0 Å². The van der Waals surface area contributed by atoms with Crippen LogP contribution in [0.4, 0.5) is 5.82 Å². The number of aryl methyl sites for hydroxylation is 1. The smallest absolute Gasteiger partial charge is 0.254 e. The first kappa shape index (κ1) is 18.1. The SMILES string of the molecule is CCC(Nc1ncnc2nc[nH]c12)C1Cc2cccc(C)c2C(=O)N1C1CCC1. The molecule has 2 unspecified atom stereocenters. The minimum atomic E-state index is 0.0922. The normalized spacial score (nSPS) is 20.4. The monoisotopic (exact) mass is 390 g/mol. The molecule has 1 amide bonds. The van der Waals surface area contributed by atoms with Crippen LogP contribution in [0.2, 0.25) is 0 Å². The quantitative estimate of drug-likeness (QED) is 0.697. The molecular weight excluding hydrogens is 364 g/mol. The average molecular weight is 390 g/mol. The summed E-state index contributed by atoms with van der Waals surface area (Å²) < 4.78 is 0. The Kier molecular flexibility index (Phi) is 4.45. The zero-order chi connectivity index (χ0) is 20.0. The Hall–Kier alpha value is -2.96. The van der Waals surface area contributed by atoms with Gasteiger partial charge in [0.25, 0.3) is 5.91 Å². The van der Waals surface area contributed by atoms with Crippen molar-refractivity contribution in [1.82, 2.24) is 24.8 Å². The Balaban J connectivity index is 1.52. The summed E-state index contributed by atoms with van der Waals surface area (Å²) in [7, 11) is 0. The van der Waals surface area contributed by atoms with E-state index in [1.54, 1.807) is 6.33 Å². The molecule has 1 fully saturated rings. The van der Waals surface area contributed by atoms with Gasteiger partial charge in [-0.25, -0.2) is 15.0 Å². The third kappa shape index (κ3) is 2.96. The second-order valence-electron chi connectivity index (χ2n) is 8.16. The molecule has 3 aromatic rings. The van der Waals surface area contributed by atoms with Crippen molar-refractivity contribution < 1.29 is 4.79 Å². The Morgan fingerprint density at radius 1 is 1.28 bits per heavy atom. The number of anilines is 1. The number of aromatic nitrogens is 4. The van der Waals surface area contributed by atoms with Crippen molar-refractivity contribution in [2.75, 3.05) is 5.32 Å². The summed E-state index contributed by atoms with van der Waals surface area (Å²) in [6, 6.07) is 6.74. The summed E-state index contributed by atoms with van der Waals surface area (Å²) in [4.78, 5) is 31.8. The molecule has 150 valence electrons. The highest BCUT2D eigenvalue weighted by atomic mass is 16.2. The molecule has 1 aliphatic heterocycles. The fraction of sp³-hybridized carbons (Fsp3) is 0.455. The standard InChI is InChI=1S/C22H26N6O/c1-3-16(27-21-19-20(24-11-23-19)25-12-26-21)17-10-14-7-4-6-13(2)18(14)22(29)28(17)15-8-5-9-15/h4,6-7,11-12,15-17H,3,5,8-10H2,1-2H3,(H2,23,24,25,26,27). The van der Waals surface area contributed by atoms with Crippen molar-refractivity contribution in [3.05, 3.63) is 47.5 Å². The van der Waals surface area contributed by atoms with Crippen LogP contribution in [0.25, 0.3) is 11.2 Å². The number of amides is 1. The number of nitrogens with one attached hydrogen (secondary N) is 2. The second kappa shape index (κ2) is 7.13. The molecule has 1 saturated carbocycles. The maximum atomic E-state index is 13.6. The third-order valence-electron chi connectivity index (χ3n) is 6.51. The van der Waals surface area contributed by atoms with E-state index in [4.69, 9.17) is 0 Å². The van der Waals surface area contributed by atoms with Gasteiger partial charge in [-0.05, 0) is 50.2 Å². The Morgan fingerprint density at radius 2 is 2.14 bits per heavy atom. The first-order chi connectivity index (χ1) is 14.2. The highest BCUT2D eigenvalue weighted by Gasteiger charge is 2.42. The van der Waals surface area contributed by atoms with Crippen molar-refractivity contribution in [2.45, 2.75) is 64.1 Å². The maximum absolute atomic E-state index is 13.6. The van der Waals surface area contributed by atoms with Gasteiger partial charge in [0.2, 0.25) is 0 Å². The van der Waals surface area contributed by atoms with Crippen LogP contribution in [0.1, 0.15) is 54.1 Å². The molecule has 3 heterocycles. The van der Waals surface area contributed by atoms with Gasteiger partial charge >= 0.3 is 0 Å². The molecule has 2 aromatic heterocycles. The molecule has 1 aromatic carbocycles. The molecule has 7 nitrogen and oxygen atoms in total. The van der Waals surface area contributed by atoms with Crippen LogP contribution in [-0.2, 0) is 6.42 Å². The van der Waals surface area contributed by atoms with Crippen LogP contribution in [0.3, 0.4) is 0 Å². The molecule has 29 heavy (non-hydrogen) atoms. The second-order valence-corrected chi connectivity index (χ2v) is 8.16. The van der Waals surface area contributed by atoms with E-state index in [0.29, 0.717) is 11.7 Å². The lowest BCUT2D eigenvalue weighted by Gasteiger charge is -2.48. The van der Waals surface area contributed by atoms with E-state index in [1.807, 2.05) is 13.0 Å². The van der Waals surface area contributed by atoms with Crippen LogP contribution >= 0.6 is 0 Å². The van der Waals surface area contributed by atoms with Gasteiger partial charge in [0, 0.05) is 17.6 Å². The number of carbonyl (C=O) groups excluding carboxylic acids is 1. The van der Waals surface area contributed by atoms with Crippen molar-refractivity contribution in [1.29, 1.82) is 0 Å². The lowest BCUT2D eigenvalue weighted by Crippen LogP contribution is -2.59. The van der Waals surface area contributed by atoms with Gasteiger partial charge in [-0.3, -0.25) is 4.79 Å². The summed E-state index contributed by atoms with van der Waals surface area (Å²) in [5.74, 6) is 0.934. The van der Waals surface area contributed by atoms with Crippen LogP contribution < -0.4 is 5.32 Å². The van der Waals surface area contributed by atoms with Crippen LogP contribution in [0, 0.1) is 6.92 Å². The molecule has 0 spiro atoms. The lowest BCUT2D eigenvalue weighted by molar-refractivity contribution is 0.0364. The Labute approximate surface area is 170 Å². The average Bonchev–Trinajstić information content (AvgIpc) is 3.16. The summed E-state index contributed by atoms with van der Waals surface area (Å²) in [5, 5.41) is 3.61. The van der Waals surface area contributed by atoms with Crippen molar-refractivity contribution in [3.8, 4) is 0 Å². The minimum absolute atomic E-state index is 0.0922. The number of nitrogens with zero attached hydrogens (tertiary/aromatic N) is 4. The zero-order valence-corrected chi connectivity index (χ0v) is 16.9. The van der Waals surface area contributed by atoms with E-state index in [-0.39, 0.29) is 18.0 Å². The van der Waals surface area contributed by atoms with Gasteiger partial charge in [0.15, 0.2) is 11.5 Å². The fourth-order valence-corrected chi connectivity index (χ4v) is 4.77. The van der Waals surface area contributed by atoms with E-state index in [0.717, 1.165) is 53.7 Å². The van der Waals surface area contributed by atoms with Crippen LogP contribution in [-0.4, -0.2) is 48.9 Å². The van der Waals surface area contributed by atoms with E-state index >= 15 is 0 Å². The first-order valence-corrected chi connectivity index (χ1v) is 10.5. The lowest BCUT2D eigenvalue weighted by atomic mass is 9.81. The number of hydrogen-bond acceptors (Lipinski definition) is 5. The molecule has 1 aliphatic carbocycles. The molecule has 2 aliphatic rings. The number of rotatable bonds is 5. The summed E-state index contributed by atoms with van der Waals surface area (Å²) in [5.41, 5.74) is 4.59. The number of aromatic amines is 1. The van der Waals surface area contributed by atoms with Gasteiger partial charge in [-0.2, -0.15) is 0 Å². The maximum Gasteiger partial charge on any atom is 0.254 e. The molecule has 0 saturated heterocycles. The Morgan fingerprint density at radius 3 is 2.90 bits per heavy atom. The fourth-order valence-electron chi connectivity index (χ4n) is 4.77. The van der Waals surface area contributed by atoms with E-state index in [1.165, 1.54) is 12.7 Å². The van der Waals surface area contributed by atoms with Crippen molar-refractivity contribution >= 4 is 22.9 Å². The molecule has 2 atom stereocenters. The van der Waals surface area contributed by atoms with Crippen molar-refractivity contribution in [2.24, 2.45) is 0 Å². The summed E-state index contributed by atoms with van der Waals surface area (Å²) in [6.07, 6.45) is 8.31. The predicted molar refractivity (Wildman–Crippen MR) is 112 cm³/mol. The van der Waals surface area contributed by atoms with Gasteiger partial charge in [0.05, 0.1) is 12.4 Å². The molecular formula is C22H26N6O.